The molecule has 0 fully saturated rings. The van der Waals surface area contributed by atoms with Crippen molar-refractivity contribution in [3.63, 3.8) is 0 Å². The summed E-state index contributed by atoms with van der Waals surface area (Å²) in [4.78, 5) is 0. The van der Waals surface area contributed by atoms with Gasteiger partial charge in [-0.2, -0.15) is 0 Å². The van der Waals surface area contributed by atoms with Gasteiger partial charge in [0, 0.05) is 10.0 Å². The Kier molecular flexibility index (Phi) is 5.06. The van der Waals surface area contributed by atoms with E-state index in [4.69, 9.17) is 0 Å². The van der Waals surface area contributed by atoms with Crippen LogP contribution in [-0.4, -0.2) is 0 Å². The maximum Gasteiger partial charge on any atom is 0.162 e. The molecule has 1 rings (SSSR count). The molecule has 1 aromatic rings. The van der Waals surface area contributed by atoms with Gasteiger partial charge in [-0.3, -0.25) is 0 Å². The van der Waals surface area contributed by atoms with Crippen LogP contribution in [0.2, 0.25) is 0 Å². The minimum absolute atomic E-state index is 0.306. The van der Waals surface area contributed by atoms with E-state index in [9.17, 15) is 8.78 Å². The standard InChI is InChI=1S/C7H5BrF2.C2H6/c1-4-5(8)2-3-6(9)7(4)10;1-2/h2-3H,1H3;1-2H3. The van der Waals surface area contributed by atoms with E-state index >= 15 is 0 Å². The lowest BCUT2D eigenvalue weighted by Crippen LogP contribution is -1.88. The molecule has 68 valence electrons. The van der Waals surface area contributed by atoms with Gasteiger partial charge in [-0.25, -0.2) is 8.78 Å². The van der Waals surface area contributed by atoms with E-state index in [1.54, 1.807) is 0 Å². The van der Waals surface area contributed by atoms with Gasteiger partial charge >= 0.3 is 0 Å². The maximum atomic E-state index is 12.6. The van der Waals surface area contributed by atoms with E-state index in [1.807, 2.05) is 13.8 Å². The lowest BCUT2D eigenvalue weighted by Gasteiger charge is -1.98. The van der Waals surface area contributed by atoms with Gasteiger partial charge < -0.3 is 0 Å². The van der Waals surface area contributed by atoms with Gasteiger partial charge in [0.05, 0.1) is 0 Å². The van der Waals surface area contributed by atoms with Crippen LogP contribution >= 0.6 is 15.9 Å². The molecule has 0 saturated heterocycles. The molecule has 0 atom stereocenters. The first-order valence-corrected chi connectivity index (χ1v) is 4.52. The molecule has 0 spiro atoms. The van der Waals surface area contributed by atoms with Gasteiger partial charge in [0.25, 0.3) is 0 Å². The second-order valence-electron chi connectivity index (χ2n) is 1.97. The molecule has 0 radical (unpaired) electrons. The fourth-order valence-electron chi connectivity index (χ4n) is 0.628. The van der Waals surface area contributed by atoms with E-state index in [2.05, 4.69) is 15.9 Å². The third-order valence-electron chi connectivity index (χ3n) is 1.27. The van der Waals surface area contributed by atoms with Crippen molar-refractivity contribution in [3.8, 4) is 0 Å². The Balaban J connectivity index is 0.000000561. The molecule has 1 aromatic carbocycles. The zero-order valence-electron chi connectivity index (χ0n) is 7.29. The fourth-order valence-corrected chi connectivity index (χ4v) is 0.935. The van der Waals surface area contributed by atoms with Crippen molar-refractivity contribution in [1.29, 1.82) is 0 Å². The first-order valence-electron chi connectivity index (χ1n) is 3.73. The molecule has 0 aliphatic carbocycles. The Labute approximate surface area is 79.7 Å². The van der Waals surface area contributed by atoms with E-state index in [0.717, 1.165) is 6.07 Å². The first-order chi connectivity index (χ1) is 5.63. The van der Waals surface area contributed by atoms with Crippen LogP contribution in [0.3, 0.4) is 0 Å². The van der Waals surface area contributed by atoms with E-state index in [0.29, 0.717) is 10.0 Å². The van der Waals surface area contributed by atoms with Crippen molar-refractivity contribution < 1.29 is 8.78 Å². The second-order valence-corrected chi connectivity index (χ2v) is 2.82. The van der Waals surface area contributed by atoms with Crippen LogP contribution < -0.4 is 0 Å². The summed E-state index contributed by atoms with van der Waals surface area (Å²) in [7, 11) is 0. The van der Waals surface area contributed by atoms with Crippen molar-refractivity contribution >= 4 is 15.9 Å². The maximum absolute atomic E-state index is 12.6. The minimum atomic E-state index is -0.805. The second kappa shape index (κ2) is 5.25. The van der Waals surface area contributed by atoms with Gasteiger partial charge in [0.2, 0.25) is 0 Å². The van der Waals surface area contributed by atoms with Gasteiger partial charge in [-0.1, -0.05) is 29.8 Å². The van der Waals surface area contributed by atoms with Gasteiger partial charge in [0.15, 0.2) is 11.6 Å². The molecular weight excluding hydrogens is 226 g/mol. The van der Waals surface area contributed by atoms with Crippen LogP contribution in [0.5, 0.6) is 0 Å². The van der Waals surface area contributed by atoms with Crippen molar-refractivity contribution in [1.82, 2.24) is 0 Å². The summed E-state index contributed by atoms with van der Waals surface area (Å²) in [6.07, 6.45) is 0. The van der Waals surface area contributed by atoms with Crippen molar-refractivity contribution in [3.05, 3.63) is 33.8 Å². The quantitative estimate of drug-likeness (QED) is 0.597. The third kappa shape index (κ3) is 2.55. The summed E-state index contributed by atoms with van der Waals surface area (Å²) in [5.74, 6) is -1.59. The predicted octanol–water partition coefficient (Wildman–Crippen LogP) is 4.06. The summed E-state index contributed by atoms with van der Waals surface area (Å²) in [5, 5.41) is 0. The summed E-state index contributed by atoms with van der Waals surface area (Å²) in [5.41, 5.74) is 0.306. The molecular formula is C9H11BrF2. The third-order valence-corrected chi connectivity index (χ3v) is 2.13. The Morgan fingerprint density at radius 2 is 1.67 bits per heavy atom. The Morgan fingerprint density at radius 3 is 2.08 bits per heavy atom. The topological polar surface area (TPSA) is 0 Å². The molecule has 12 heavy (non-hydrogen) atoms. The predicted molar refractivity (Wildman–Crippen MR) is 50.1 cm³/mol. The van der Waals surface area contributed by atoms with Crippen LogP contribution in [0.4, 0.5) is 8.78 Å². The van der Waals surface area contributed by atoms with Crippen molar-refractivity contribution in [2.45, 2.75) is 20.8 Å². The lowest BCUT2D eigenvalue weighted by molar-refractivity contribution is 0.502. The molecule has 0 aliphatic rings. The highest BCUT2D eigenvalue weighted by atomic mass is 79.9. The average Bonchev–Trinajstić information content (AvgIpc) is 2.12. The van der Waals surface area contributed by atoms with Crippen LogP contribution in [-0.2, 0) is 0 Å². The highest BCUT2D eigenvalue weighted by molar-refractivity contribution is 9.10. The van der Waals surface area contributed by atoms with Gasteiger partial charge in [-0.05, 0) is 19.1 Å². The van der Waals surface area contributed by atoms with Crippen LogP contribution in [0.15, 0.2) is 16.6 Å². The highest BCUT2D eigenvalue weighted by Crippen LogP contribution is 2.20. The molecule has 0 aromatic heterocycles. The van der Waals surface area contributed by atoms with Crippen molar-refractivity contribution in [2.75, 3.05) is 0 Å². The molecule has 0 saturated carbocycles. The Morgan fingerprint density at radius 1 is 1.17 bits per heavy atom. The molecule has 3 heteroatoms. The minimum Gasteiger partial charge on any atom is -0.204 e. The van der Waals surface area contributed by atoms with Crippen LogP contribution in [0.1, 0.15) is 19.4 Å². The van der Waals surface area contributed by atoms with E-state index < -0.39 is 11.6 Å². The number of benzene rings is 1. The first kappa shape index (κ1) is 11.6. The SMILES string of the molecule is CC.Cc1c(Br)ccc(F)c1F. The van der Waals surface area contributed by atoms with Crippen LogP contribution in [0.25, 0.3) is 0 Å². The fraction of sp³-hybridized carbons (Fsp3) is 0.333. The van der Waals surface area contributed by atoms with Crippen LogP contribution in [0, 0.1) is 18.6 Å². The monoisotopic (exact) mass is 236 g/mol. The number of rotatable bonds is 0. The zero-order valence-corrected chi connectivity index (χ0v) is 8.87. The van der Waals surface area contributed by atoms with E-state index in [1.165, 1.54) is 13.0 Å². The highest BCUT2D eigenvalue weighted by Gasteiger charge is 2.06. The summed E-state index contributed by atoms with van der Waals surface area (Å²) in [6.45, 7) is 5.52. The number of halogens is 3. The normalized spacial score (nSPS) is 8.83. The summed E-state index contributed by atoms with van der Waals surface area (Å²) < 4.78 is 25.5. The molecule has 0 bridgehead atoms. The van der Waals surface area contributed by atoms with Gasteiger partial charge in [-0.15, -0.1) is 0 Å². The lowest BCUT2D eigenvalue weighted by atomic mass is 10.2. The average molecular weight is 237 g/mol. The summed E-state index contributed by atoms with van der Waals surface area (Å²) >= 11 is 3.07. The zero-order chi connectivity index (χ0) is 9.72. The molecule has 0 aliphatic heterocycles. The molecule has 0 heterocycles. The van der Waals surface area contributed by atoms with E-state index in [-0.39, 0.29) is 0 Å². The molecule has 0 N–H and O–H groups in total. The van der Waals surface area contributed by atoms with Crippen molar-refractivity contribution in [2.24, 2.45) is 0 Å². The number of hydrogen-bond acceptors (Lipinski definition) is 0. The smallest absolute Gasteiger partial charge is 0.162 e. The summed E-state index contributed by atoms with van der Waals surface area (Å²) in [6, 6.07) is 2.57. The number of hydrogen-bond donors (Lipinski definition) is 0. The largest absolute Gasteiger partial charge is 0.204 e. The molecule has 0 nitrogen and oxygen atoms in total. The molecule has 0 unspecified atom stereocenters. The Bertz CT molecular complexity index is 232. The molecule has 0 amide bonds. The van der Waals surface area contributed by atoms with Gasteiger partial charge in [0.1, 0.15) is 0 Å². The Hall–Kier alpha value is -0.440.